The summed E-state index contributed by atoms with van der Waals surface area (Å²) in [6.45, 7) is 4.83. The van der Waals surface area contributed by atoms with Gasteiger partial charge in [-0.2, -0.15) is 0 Å². The number of alkyl carbamates (subject to hydrolysis) is 1. The summed E-state index contributed by atoms with van der Waals surface area (Å²) in [5, 5.41) is 16.6. The fourth-order valence-corrected chi connectivity index (χ4v) is 3.12. The summed E-state index contributed by atoms with van der Waals surface area (Å²) in [6, 6.07) is 15.1. The maximum Gasteiger partial charge on any atom is 0.408 e. The average molecular weight is 470 g/mol. The van der Waals surface area contributed by atoms with E-state index in [1.165, 1.54) is 6.92 Å². The quantitative estimate of drug-likeness (QED) is 0.399. The van der Waals surface area contributed by atoms with Gasteiger partial charge in [-0.1, -0.05) is 74.5 Å². The molecule has 2 rings (SSSR count). The second-order valence-corrected chi connectivity index (χ2v) is 8.25. The summed E-state index contributed by atoms with van der Waals surface area (Å²) in [6.07, 6.45) is -0.601. The highest BCUT2D eigenvalue weighted by Gasteiger charge is 2.30. The summed E-state index contributed by atoms with van der Waals surface area (Å²) >= 11 is 0. The molecule has 0 saturated carbocycles. The van der Waals surface area contributed by atoms with Crippen LogP contribution in [0, 0.1) is 5.92 Å². The molecule has 0 unspecified atom stereocenters. The van der Waals surface area contributed by atoms with Crippen molar-refractivity contribution in [1.29, 1.82) is 0 Å². The van der Waals surface area contributed by atoms with Crippen LogP contribution in [0.25, 0.3) is 0 Å². The van der Waals surface area contributed by atoms with Gasteiger partial charge in [0.1, 0.15) is 24.7 Å². The van der Waals surface area contributed by atoms with Gasteiger partial charge in [0.05, 0.1) is 0 Å². The van der Waals surface area contributed by atoms with Crippen molar-refractivity contribution in [2.24, 2.45) is 5.92 Å². The molecule has 0 spiro atoms. The number of rotatable bonds is 11. The van der Waals surface area contributed by atoms with Crippen molar-refractivity contribution in [3.8, 4) is 0 Å². The lowest BCUT2D eigenvalue weighted by Gasteiger charge is -2.26. The third-order valence-corrected chi connectivity index (χ3v) is 5.08. The van der Waals surface area contributed by atoms with Gasteiger partial charge in [-0.25, -0.2) is 4.79 Å². The van der Waals surface area contributed by atoms with Gasteiger partial charge >= 0.3 is 12.1 Å². The first kappa shape index (κ1) is 26.4. The van der Waals surface area contributed by atoms with Crippen LogP contribution in [0.4, 0.5) is 4.79 Å². The van der Waals surface area contributed by atoms with E-state index in [1.807, 2.05) is 60.7 Å². The fourth-order valence-electron chi connectivity index (χ4n) is 3.12. The van der Waals surface area contributed by atoms with E-state index < -0.39 is 42.0 Å². The summed E-state index contributed by atoms with van der Waals surface area (Å²) in [5.41, 5.74) is 1.60. The lowest BCUT2D eigenvalue weighted by atomic mass is 10.0. The van der Waals surface area contributed by atoms with E-state index >= 15 is 0 Å². The first-order valence-electron chi connectivity index (χ1n) is 11.0. The Morgan fingerprint density at radius 1 is 0.794 bits per heavy atom. The standard InChI is InChI=1S/C25H31N3O6/c1-16(2)21(23(30)26-17(3)24(31)32)28-22(29)20(14-18-10-6-4-7-11-18)27-25(33)34-15-19-12-8-5-9-13-19/h4-13,16-17,20-21H,14-15H2,1-3H3,(H,26,30)(H,27,33)(H,28,29)(H,31,32)/t17-,20+,21-/m0/s1. The highest BCUT2D eigenvalue weighted by molar-refractivity contribution is 5.93. The summed E-state index contributed by atoms with van der Waals surface area (Å²) in [4.78, 5) is 49.2. The van der Waals surface area contributed by atoms with E-state index in [4.69, 9.17) is 9.84 Å². The normalized spacial score (nSPS) is 13.3. The Bertz CT molecular complexity index is 965. The molecule has 0 aliphatic rings. The van der Waals surface area contributed by atoms with Crippen LogP contribution in [0.5, 0.6) is 0 Å². The zero-order valence-corrected chi connectivity index (χ0v) is 19.5. The highest BCUT2D eigenvalue weighted by atomic mass is 16.5. The minimum absolute atomic E-state index is 0.0381. The molecule has 3 atom stereocenters. The van der Waals surface area contributed by atoms with Gasteiger partial charge in [0.25, 0.3) is 0 Å². The van der Waals surface area contributed by atoms with E-state index in [0.29, 0.717) is 0 Å². The van der Waals surface area contributed by atoms with Gasteiger partial charge in [-0.05, 0) is 24.0 Å². The number of benzene rings is 2. The van der Waals surface area contributed by atoms with Crippen molar-refractivity contribution in [2.45, 2.75) is 51.9 Å². The number of carboxylic acid groups (broad SMARTS) is 1. The lowest BCUT2D eigenvalue weighted by Crippen LogP contribution is -2.57. The fraction of sp³-hybridized carbons (Fsp3) is 0.360. The third-order valence-electron chi connectivity index (χ3n) is 5.08. The van der Waals surface area contributed by atoms with Crippen molar-refractivity contribution in [1.82, 2.24) is 16.0 Å². The van der Waals surface area contributed by atoms with Crippen molar-refractivity contribution < 1.29 is 29.0 Å². The molecule has 0 bridgehead atoms. The minimum atomic E-state index is -1.19. The number of carbonyl (C=O) groups excluding carboxylic acids is 3. The Hall–Kier alpha value is -3.88. The van der Waals surface area contributed by atoms with E-state index in [9.17, 15) is 19.2 Å². The van der Waals surface area contributed by atoms with Crippen molar-refractivity contribution >= 4 is 23.9 Å². The molecule has 0 aliphatic heterocycles. The van der Waals surface area contributed by atoms with Gasteiger partial charge in [0, 0.05) is 6.42 Å². The summed E-state index contributed by atoms with van der Waals surface area (Å²) < 4.78 is 5.25. The molecule has 9 nitrogen and oxygen atoms in total. The number of hydrogen-bond donors (Lipinski definition) is 4. The Balaban J connectivity index is 2.11. The molecule has 0 radical (unpaired) electrons. The number of amides is 3. The highest BCUT2D eigenvalue weighted by Crippen LogP contribution is 2.08. The number of carbonyl (C=O) groups is 4. The van der Waals surface area contributed by atoms with Crippen LogP contribution in [-0.4, -0.2) is 47.1 Å². The first-order chi connectivity index (χ1) is 16.2. The van der Waals surface area contributed by atoms with E-state index in [2.05, 4.69) is 16.0 Å². The molecule has 4 N–H and O–H groups in total. The molecule has 0 fully saturated rings. The molecule has 3 amide bonds. The first-order valence-corrected chi connectivity index (χ1v) is 11.0. The van der Waals surface area contributed by atoms with Gasteiger partial charge < -0.3 is 25.8 Å². The average Bonchev–Trinajstić information content (AvgIpc) is 2.81. The van der Waals surface area contributed by atoms with E-state index in [-0.39, 0.29) is 18.9 Å². The zero-order chi connectivity index (χ0) is 25.1. The molecule has 34 heavy (non-hydrogen) atoms. The lowest BCUT2D eigenvalue weighted by molar-refractivity contribution is -0.142. The van der Waals surface area contributed by atoms with Crippen LogP contribution in [-0.2, 0) is 32.1 Å². The second-order valence-electron chi connectivity index (χ2n) is 8.25. The van der Waals surface area contributed by atoms with Crippen LogP contribution in [0.2, 0.25) is 0 Å². The summed E-state index contributed by atoms with van der Waals surface area (Å²) in [7, 11) is 0. The molecule has 182 valence electrons. The number of aliphatic carboxylic acids is 1. The third kappa shape index (κ3) is 8.57. The maximum atomic E-state index is 13.1. The van der Waals surface area contributed by atoms with Crippen LogP contribution >= 0.6 is 0 Å². The molecule has 0 saturated heterocycles. The molecule has 2 aromatic carbocycles. The SMILES string of the molecule is CC(C)[C@H](NC(=O)[C@@H](Cc1ccccc1)NC(=O)OCc1ccccc1)C(=O)N[C@@H](C)C(=O)O. The van der Waals surface area contributed by atoms with E-state index in [1.54, 1.807) is 13.8 Å². The zero-order valence-electron chi connectivity index (χ0n) is 19.5. The Labute approximate surface area is 198 Å². The smallest absolute Gasteiger partial charge is 0.408 e. The summed E-state index contributed by atoms with van der Waals surface area (Å²) in [5.74, 6) is -2.72. The molecular weight excluding hydrogens is 438 g/mol. The molecular formula is C25H31N3O6. The topological polar surface area (TPSA) is 134 Å². The van der Waals surface area contributed by atoms with Gasteiger partial charge in [0.2, 0.25) is 11.8 Å². The molecule has 0 heterocycles. The number of nitrogens with one attached hydrogen (secondary N) is 3. The predicted octanol–water partition coefficient (Wildman–Crippen LogP) is 2.25. The maximum absolute atomic E-state index is 13.1. The van der Waals surface area contributed by atoms with Crippen molar-refractivity contribution in [3.63, 3.8) is 0 Å². The van der Waals surface area contributed by atoms with E-state index in [0.717, 1.165) is 11.1 Å². The molecule has 0 aromatic heterocycles. The van der Waals surface area contributed by atoms with Gasteiger partial charge in [0.15, 0.2) is 0 Å². The predicted molar refractivity (Wildman–Crippen MR) is 126 cm³/mol. The van der Waals surface area contributed by atoms with Crippen LogP contribution < -0.4 is 16.0 Å². The van der Waals surface area contributed by atoms with Gasteiger partial charge in [-0.15, -0.1) is 0 Å². The van der Waals surface area contributed by atoms with Crippen LogP contribution in [0.1, 0.15) is 31.9 Å². The molecule has 9 heteroatoms. The largest absolute Gasteiger partial charge is 0.480 e. The molecule has 0 aliphatic carbocycles. The van der Waals surface area contributed by atoms with Crippen molar-refractivity contribution in [2.75, 3.05) is 0 Å². The second kappa shape index (κ2) is 13.0. The number of hydrogen-bond acceptors (Lipinski definition) is 5. The Kier molecular flexibility index (Phi) is 10.1. The van der Waals surface area contributed by atoms with Crippen molar-refractivity contribution in [3.05, 3.63) is 71.8 Å². The molecule has 2 aromatic rings. The number of carboxylic acids is 1. The Morgan fingerprint density at radius 3 is 1.88 bits per heavy atom. The number of ether oxygens (including phenoxy) is 1. The van der Waals surface area contributed by atoms with Gasteiger partial charge in [-0.3, -0.25) is 14.4 Å². The monoisotopic (exact) mass is 469 g/mol. The van der Waals surface area contributed by atoms with Crippen LogP contribution in [0.15, 0.2) is 60.7 Å². The minimum Gasteiger partial charge on any atom is -0.480 e. The Morgan fingerprint density at radius 2 is 1.35 bits per heavy atom. The van der Waals surface area contributed by atoms with Crippen LogP contribution in [0.3, 0.4) is 0 Å².